The molecule has 0 N–H and O–H groups in total. The first-order valence-corrected chi connectivity index (χ1v) is 9.38. The van der Waals surface area contributed by atoms with Crippen molar-refractivity contribution in [3.05, 3.63) is 29.6 Å². The van der Waals surface area contributed by atoms with Crippen LogP contribution in [0.25, 0.3) is 5.70 Å². The van der Waals surface area contributed by atoms with Crippen LogP contribution in [0, 0.1) is 0 Å². The largest absolute Gasteiger partial charge is 1.00 e. The summed E-state index contributed by atoms with van der Waals surface area (Å²) < 4.78 is 35.8. The molecule has 0 aliphatic carbocycles. The van der Waals surface area contributed by atoms with Crippen LogP contribution in [0.15, 0.2) is 28.8 Å². The van der Waals surface area contributed by atoms with Gasteiger partial charge in [0, 0.05) is 30.1 Å². The first-order chi connectivity index (χ1) is 11.0. The number of aliphatic carboxylic acids is 1. The van der Waals surface area contributed by atoms with E-state index in [-0.39, 0.29) is 68.1 Å². The van der Waals surface area contributed by atoms with Crippen molar-refractivity contribution in [3.63, 3.8) is 0 Å². The number of allylic oxidation sites excluding steroid dienone is 2. The van der Waals surface area contributed by atoms with Crippen LogP contribution >= 0.6 is 0 Å². The predicted octanol–water partition coefficient (Wildman–Crippen LogP) is -1.90. The molecule has 6 nitrogen and oxygen atoms in total. The standard InChI is InChI=1S/C17H23NO5S.K/c1-12-14(7-5-4-6-8-16(19)20)18-10-9-13(24(21,22)23)11-15(18)17(12,2)3;/h9-11H,4-8H2,1-3H3,(H-,19,20,21,22,23);/q;+1/p-1. The third-order valence-corrected chi connectivity index (χ3v) is 5.64. The van der Waals surface area contributed by atoms with Gasteiger partial charge in [0.2, 0.25) is 0 Å². The Hall–Kier alpha value is -0.0936. The van der Waals surface area contributed by atoms with Crippen LogP contribution in [0.2, 0.25) is 0 Å². The van der Waals surface area contributed by atoms with Crippen LogP contribution in [0.5, 0.6) is 0 Å². The molecule has 0 unspecified atom stereocenters. The van der Waals surface area contributed by atoms with Crippen molar-refractivity contribution in [3.8, 4) is 0 Å². The van der Waals surface area contributed by atoms with Crippen molar-refractivity contribution in [1.82, 2.24) is 0 Å². The Balaban J connectivity index is 0.00000312. The number of pyridine rings is 1. The number of carbonyl (C=O) groups is 1. The second-order valence-corrected chi connectivity index (χ2v) is 8.08. The van der Waals surface area contributed by atoms with E-state index in [0.29, 0.717) is 6.42 Å². The second-order valence-electron chi connectivity index (χ2n) is 6.70. The molecule has 0 radical (unpaired) electrons. The molecule has 0 saturated heterocycles. The molecule has 25 heavy (non-hydrogen) atoms. The Kier molecular flexibility index (Phi) is 8.01. The summed E-state index contributed by atoms with van der Waals surface area (Å²) in [6.45, 7) is 6.01. The van der Waals surface area contributed by atoms with Crippen LogP contribution in [0.3, 0.4) is 0 Å². The van der Waals surface area contributed by atoms with Crippen LogP contribution in [0.1, 0.15) is 58.6 Å². The number of hydrogen-bond donors (Lipinski definition) is 0. The number of aromatic nitrogens is 1. The van der Waals surface area contributed by atoms with Gasteiger partial charge in [0.25, 0.3) is 0 Å². The fraction of sp³-hybridized carbons (Fsp3) is 0.529. The van der Waals surface area contributed by atoms with Crippen LogP contribution < -0.4 is 61.1 Å². The van der Waals surface area contributed by atoms with Gasteiger partial charge in [0.1, 0.15) is 10.1 Å². The fourth-order valence-corrected chi connectivity index (χ4v) is 3.62. The minimum absolute atomic E-state index is 0. The van der Waals surface area contributed by atoms with Gasteiger partial charge in [0.05, 0.1) is 10.3 Å². The molecule has 132 valence electrons. The number of carboxylic acid groups (broad SMARTS) is 1. The summed E-state index contributed by atoms with van der Waals surface area (Å²) in [6.07, 6.45) is 4.68. The molecular weight excluding hydrogens is 369 g/mol. The van der Waals surface area contributed by atoms with E-state index in [9.17, 15) is 22.9 Å². The molecule has 2 rings (SSSR count). The summed E-state index contributed by atoms with van der Waals surface area (Å²) in [6, 6.07) is 2.78. The van der Waals surface area contributed by atoms with Gasteiger partial charge in [-0.15, -0.1) is 0 Å². The molecule has 0 saturated carbocycles. The third kappa shape index (κ3) is 5.21. The summed E-state index contributed by atoms with van der Waals surface area (Å²) in [5.74, 6) is -1.03. The minimum Gasteiger partial charge on any atom is -0.744 e. The molecule has 2 heterocycles. The quantitative estimate of drug-likeness (QED) is 0.234. The van der Waals surface area contributed by atoms with E-state index in [1.54, 1.807) is 6.20 Å². The van der Waals surface area contributed by atoms with Crippen LogP contribution in [-0.2, 0) is 20.3 Å². The van der Waals surface area contributed by atoms with Crippen LogP contribution in [0.4, 0.5) is 0 Å². The number of carboxylic acids is 1. The maximum atomic E-state index is 11.3. The molecule has 0 aromatic carbocycles. The van der Waals surface area contributed by atoms with Crippen LogP contribution in [-0.4, -0.2) is 18.9 Å². The van der Waals surface area contributed by atoms with Crippen molar-refractivity contribution in [2.75, 3.05) is 0 Å². The molecule has 0 atom stereocenters. The maximum absolute atomic E-state index is 11.3. The normalized spacial score (nSPS) is 15.7. The molecule has 1 aromatic heterocycles. The van der Waals surface area contributed by atoms with Gasteiger partial charge in [-0.1, -0.05) is 6.42 Å². The zero-order valence-electron chi connectivity index (χ0n) is 15.2. The van der Waals surface area contributed by atoms with Gasteiger partial charge < -0.3 is 14.5 Å². The summed E-state index contributed by atoms with van der Waals surface area (Å²) in [7, 11) is -4.49. The van der Waals surface area contributed by atoms with Crippen molar-refractivity contribution >= 4 is 21.8 Å². The number of rotatable bonds is 7. The molecule has 0 bridgehead atoms. The molecule has 8 heteroatoms. The minimum atomic E-state index is -4.49. The first-order valence-electron chi connectivity index (χ1n) is 7.97. The van der Waals surface area contributed by atoms with Crippen molar-refractivity contribution in [1.29, 1.82) is 0 Å². The monoisotopic (exact) mass is 391 g/mol. The Bertz CT molecular complexity index is 799. The zero-order valence-corrected chi connectivity index (χ0v) is 19.1. The van der Waals surface area contributed by atoms with E-state index in [4.69, 9.17) is 0 Å². The Labute approximate surface area is 191 Å². The topological polar surface area (TPSA) is 101 Å². The fourth-order valence-electron chi connectivity index (χ4n) is 3.13. The van der Waals surface area contributed by atoms with Crippen molar-refractivity contribution in [2.45, 2.75) is 63.2 Å². The Morgan fingerprint density at radius 2 is 1.88 bits per heavy atom. The van der Waals surface area contributed by atoms with Crippen molar-refractivity contribution in [2.24, 2.45) is 0 Å². The van der Waals surface area contributed by atoms with E-state index in [2.05, 4.69) is 0 Å². The zero-order chi connectivity index (χ0) is 18.1. The van der Waals surface area contributed by atoms with E-state index >= 15 is 0 Å². The Morgan fingerprint density at radius 1 is 1.24 bits per heavy atom. The average Bonchev–Trinajstić information content (AvgIpc) is 2.66. The summed E-state index contributed by atoms with van der Waals surface area (Å²) in [5, 5.41) is 10.4. The second kappa shape index (κ2) is 8.73. The van der Waals surface area contributed by atoms with Gasteiger partial charge in [-0.05, 0) is 40.0 Å². The van der Waals surface area contributed by atoms with Gasteiger partial charge >= 0.3 is 51.4 Å². The number of carbonyl (C=O) groups excluding carboxylic acids is 1. The number of hydrogen-bond acceptors (Lipinski definition) is 5. The summed E-state index contributed by atoms with van der Waals surface area (Å²) >= 11 is 0. The Morgan fingerprint density at radius 3 is 2.44 bits per heavy atom. The maximum Gasteiger partial charge on any atom is 1.00 e. The molecule has 1 aliphatic heterocycles. The third-order valence-electron chi connectivity index (χ3n) is 4.81. The predicted molar refractivity (Wildman–Crippen MR) is 84.6 cm³/mol. The number of unbranched alkanes of at least 4 members (excludes halogenated alkanes) is 2. The van der Waals surface area contributed by atoms with Gasteiger partial charge in [0.15, 0.2) is 17.6 Å². The SMILES string of the molecule is CC1=C(CCCCCC(=O)[O-])[n+]2ccc(S(=O)(=O)[O-])cc2C1(C)C.[K+]. The van der Waals surface area contributed by atoms with E-state index in [1.165, 1.54) is 12.1 Å². The van der Waals surface area contributed by atoms with E-state index < -0.39 is 16.1 Å². The first kappa shape index (κ1) is 22.9. The molecular formula is C17H22KNO5S. The van der Waals surface area contributed by atoms with Gasteiger partial charge in [-0.3, -0.25) is 0 Å². The van der Waals surface area contributed by atoms with Gasteiger partial charge in [-0.25, -0.2) is 8.42 Å². The molecule has 0 spiro atoms. The smallest absolute Gasteiger partial charge is 0.744 e. The van der Waals surface area contributed by atoms with E-state index in [1.807, 2.05) is 25.3 Å². The van der Waals surface area contributed by atoms with E-state index in [0.717, 1.165) is 36.2 Å². The van der Waals surface area contributed by atoms with Gasteiger partial charge in [-0.2, -0.15) is 4.57 Å². The molecule has 1 aromatic rings. The number of fused-ring (bicyclic) bond motifs is 1. The average molecular weight is 392 g/mol. The summed E-state index contributed by atoms with van der Waals surface area (Å²) in [4.78, 5) is 10.2. The summed E-state index contributed by atoms with van der Waals surface area (Å²) in [5.41, 5.74) is 2.63. The number of nitrogens with zero attached hydrogens (tertiary/aromatic N) is 1. The van der Waals surface area contributed by atoms with Crippen molar-refractivity contribution < 1.29 is 78.8 Å². The molecule has 0 amide bonds. The molecule has 1 aliphatic rings. The molecule has 0 fully saturated rings.